The minimum Gasteiger partial charge on any atom is -0.744 e. The van der Waals surface area contributed by atoms with Crippen LogP contribution in [0.4, 0.5) is 17.1 Å². The number of fused-ring (bicyclic) bond motifs is 2. The fourth-order valence-corrected chi connectivity index (χ4v) is 6.79. The zero-order chi connectivity index (χ0) is 33.6. The van der Waals surface area contributed by atoms with Crippen molar-refractivity contribution in [3.05, 3.63) is 90.0 Å². The van der Waals surface area contributed by atoms with Gasteiger partial charge in [0.05, 0.1) is 15.5 Å². The number of aromatic hydroxyl groups is 1. The van der Waals surface area contributed by atoms with Crippen molar-refractivity contribution in [1.82, 2.24) is 0 Å². The molecule has 21 heteroatoms. The Morgan fingerprint density at radius 3 is 2.02 bits per heavy atom. The molecular formula is C28H20N4Na3O11S3+. The van der Waals surface area contributed by atoms with E-state index in [-0.39, 0.29) is 106 Å². The van der Waals surface area contributed by atoms with Crippen molar-refractivity contribution in [2.24, 2.45) is 16.0 Å². The smallest absolute Gasteiger partial charge is 0.744 e. The van der Waals surface area contributed by atoms with Gasteiger partial charge in [-0.25, -0.2) is 16.8 Å². The summed E-state index contributed by atoms with van der Waals surface area (Å²) in [5, 5.41) is 20.4. The number of anilines is 1. The maximum atomic E-state index is 12.9. The standard InChI is InChI=1S/C28H22N4O11S3.3Na/c29-14-16-7-4-8-20-19(16)9-10-21(27(20)46(41,42)43)31-32-25-23(45(38,39)40)12-17-11-18(44(35,36)37)13-22(24(17)26(25)33)30-28(34)15-5-2-1-3-6-15;;;/h1-13,33H,14,29H2,(H,30,34)(H,35,36,37)(H,38,39,40)(H,41,42,43);;;/q;3*+1/p-2. The summed E-state index contributed by atoms with van der Waals surface area (Å²) in [6.07, 6.45) is 0. The normalized spacial score (nSPS) is 11.8. The van der Waals surface area contributed by atoms with Gasteiger partial charge in [-0.3, -0.25) is 9.35 Å². The second kappa shape index (κ2) is 16.7. The number of carbonyl (C=O) groups is 1. The van der Waals surface area contributed by atoms with Crippen LogP contribution in [0.25, 0.3) is 21.5 Å². The number of hydrogen-bond acceptors (Lipinski definition) is 13. The van der Waals surface area contributed by atoms with Crippen LogP contribution < -0.4 is 99.7 Å². The molecule has 0 radical (unpaired) electrons. The Morgan fingerprint density at radius 2 is 1.45 bits per heavy atom. The number of hydrogen-bond donors (Lipinski definition) is 4. The fraction of sp³-hybridized carbons (Fsp3) is 0.0357. The Balaban J connectivity index is 0.00000278. The van der Waals surface area contributed by atoms with Gasteiger partial charge < -0.3 is 25.3 Å². The SMILES string of the molecule is NCc1cccc2c(S(=O)(=O)[O-])c(N=Nc3c(S(=O)(=O)O)cc4cc(S(=O)(=O)[O-])cc(NC(=O)c5ccccc5)c4c3O)ccc12.[Na+].[Na+].[Na+]. The van der Waals surface area contributed by atoms with E-state index < -0.39 is 84.5 Å². The van der Waals surface area contributed by atoms with Crippen LogP contribution in [-0.4, -0.2) is 49.9 Å². The first-order chi connectivity index (χ1) is 21.5. The average molecular weight is 754 g/mol. The zero-order valence-corrected chi connectivity index (χ0v) is 34.4. The van der Waals surface area contributed by atoms with Crippen molar-refractivity contribution < 1.29 is 137 Å². The van der Waals surface area contributed by atoms with E-state index in [1.807, 2.05) is 0 Å². The topological polar surface area (TPSA) is 269 Å². The number of rotatable bonds is 8. The van der Waals surface area contributed by atoms with E-state index in [0.717, 1.165) is 12.1 Å². The number of nitrogens with one attached hydrogen (secondary N) is 1. The molecule has 238 valence electrons. The van der Waals surface area contributed by atoms with Gasteiger partial charge in [0.1, 0.15) is 36.5 Å². The summed E-state index contributed by atoms with van der Waals surface area (Å²) in [4.78, 5) is 10.1. The molecule has 0 unspecified atom stereocenters. The maximum absolute atomic E-state index is 12.9. The van der Waals surface area contributed by atoms with Crippen LogP contribution in [0.2, 0.25) is 0 Å². The number of benzene rings is 5. The van der Waals surface area contributed by atoms with E-state index in [9.17, 15) is 48.8 Å². The second-order valence-electron chi connectivity index (χ2n) is 9.67. The van der Waals surface area contributed by atoms with Crippen LogP contribution >= 0.6 is 0 Å². The van der Waals surface area contributed by atoms with Crippen molar-refractivity contribution in [3.8, 4) is 5.75 Å². The molecule has 0 aliphatic carbocycles. The van der Waals surface area contributed by atoms with E-state index in [0.29, 0.717) is 23.1 Å². The Kier molecular flexibility index (Phi) is 14.8. The molecule has 0 atom stereocenters. The van der Waals surface area contributed by atoms with Crippen LogP contribution in [0.15, 0.2) is 104 Å². The average Bonchev–Trinajstić information content (AvgIpc) is 2.98. The molecular weight excluding hydrogens is 733 g/mol. The maximum Gasteiger partial charge on any atom is 1.00 e. The summed E-state index contributed by atoms with van der Waals surface area (Å²) in [5.41, 5.74) is 4.28. The third-order valence-corrected chi connectivity index (χ3v) is 9.39. The Labute approximate surface area is 346 Å². The minimum atomic E-state index is -5.28. The van der Waals surface area contributed by atoms with Gasteiger partial charge in [0.25, 0.3) is 16.0 Å². The summed E-state index contributed by atoms with van der Waals surface area (Å²) >= 11 is 0. The number of amides is 1. The molecule has 0 heterocycles. The molecule has 15 nitrogen and oxygen atoms in total. The molecule has 0 saturated heterocycles. The molecule has 0 fully saturated rings. The van der Waals surface area contributed by atoms with Gasteiger partial charge in [-0.05, 0) is 52.7 Å². The van der Waals surface area contributed by atoms with Gasteiger partial charge in [0.15, 0.2) is 5.75 Å². The summed E-state index contributed by atoms with van der Waals surface area (Å²) < 4.78 is 108. The monoisotopic (exact) mass is 753 g/mol. The molecule has 0 aliphatic rings. The number of azo groups is 1. The predicted molar refractivity (Wildman–Crippen MR) is 162 cm³/mol. The Morgan fingerprint density at radius 1 is 0.796 bits per heavy atom. The number of carbonyl (C=O) groups excluding carboxylic acids is 1. The Bertz CT molecular complexity index is 2450. The first-order valence-electron chi connectivity index (χ1n) is 12.8. The van der Waals surface area contributed by atoms with Crippen molar-refractivity contribution in [2.75, 3.05) is 5.32 Å². The van der Waals surface area contributed by atoms with Crippen molar-refractivity contribution in [3.63, 3.8) is 0 Å². The molecule has 5 aromatic rings. The van der Waals surface area contributed by atoms with Crippen LogP contribution in [0, 0.1) is 0 Å². The third kappa shape index (κ3) is 9.35. The predicted octanol–water partition coefficient (Wildman–Crippen LogP) is -5.11. The van der Waals surface area contributed by atoms with E-state index in [4.69, 9.17) is 5.73 Å². The molecule has 0 aromatic heterocycles. The molecule has 5 N–H and O–H groups in total. The van der Waals surface area contributed by atoms with Gasteiger partial charge in [-0.15, -0.1) is 10.2 Å². The molecule has 5 rings (SSSR count). The summed E-state index contributed by atoms with van der Waals surface area (Å²) in [6.45, 7) is -0.00225. The van der Waals surface area contributed by atoms with Crippen LogP contribution in [0.1, 0.15) is 15.9 Å². The second-order valence-corrected chi connectivity index (χ2v) is 13.8. The molecule has 1 amide bonds. The minimum absolute atomic E-state index is 0. The number of phenolic OH excluding ortho intramolecular Hbond substituents is 1. The Hall–Kier alpha value is -1.82. The zero-order valence-electron chi connectivity index (χ0n) is 26.0. The van der Waals surface area contributed by atoms with E-state index in [1.54, 1.807) is 12.1 Å². The van der Waals surface area contributed by atoms with Gasteiger partial charge in [0.2, 0.25) is 0 Å². The number of phenols is 1. The molecule has 0 aliphatic heterocycles. The first-order valence-corrected chi connectivity index (χ1v) is 17.0. The van der Waals surface area contributed by atoms with Gasteiger partial charge in [0, 0.05) is 22.9 Å². The summed E-state index contributed by atoms with van der Waals surface area (Å²) in [5.74, 6) is -1.90. The van der Waals surface area contributed by atoms with Crippen LogP contribution in [0.3, 0.4) is 0 Å². The van der Waals surface area contributed by atoms with E-state index in [1.165, 1.54) is 42.5 Å². The van der Waals surface area contributed by atoms with Gasteiger partial charge >= 0.3 is 88.7 Å². The van der Waals surface area contributed by atoms with Crippen LogP contribution in [-0.2, 0) is 36.9 Å². The molecule has 0 bridgehead atoms. The number of nitrogens with two attached hydrogens (primary N) is 1. The summed E-state index contributed by atoms with van der Waals surface area (Å²) in [6, 6.07) is 16.4. The fourth-order valence-electron chi connectivity index (χ4n) is 4.79. The first kappa shape index (κ1) is 43.3. The van der Waals surface area contributed by atoms with E-state index >= 15 is 0 Å². The van der Waals surface area contributed by atoms with Crippen LogP contribution in [0.5, 0.6) is 5.75 Å². The van der Waals surface area contributed by atoms with E-state index in [2.05, 4.69) is 15.5 Å². The third-order valence-electron chi connectivity index (χ3n) is 6.78. The van der Waals surface area contributed by atoms with Crippen molar-refractivity contribution >= 4 is 74.9 Å². The largest absolute Gasteiger partial charge is 1.00 e. The number of nitrogens with zero attached hydrogens (tertiary/aromatic N) is 2. The quantitative estimate of drug-likeness (QED) is 0.0659. The summed E-state index contributed by atoms with van der Waals surface area (Å²) in [7, 11) is -15.7. The molecule has 49 heavy (non-hydrogen) atoms. The molecule has 0 saturated carbocycles. The van der Waals surface area contributed by atoms with Crippen molar-refractivity contribution in [1.29, 1.82) is 0 Å². The van der Waals surface area contributed by atoms with Gasteiger partial charge in [-0.1, -0.05) is 42.5 Å². The molecule has 0 spiro atoms. The molecule has 5 aromatic carbocycles. The van der Waals surface area contributed by atoms with Crippen molar-refractivity contribution in [2.45, 2.75) is 21.2 Å². The van der Waals surface area contributed by atoms with Gasteiger partial charge in [-0.2, -0.15) is 8.42 Å².